The quantitative estimate of drug-likeness (QED) is 0.750. The zero-order valence-corrected chi connectivity index (χ0v) is 9.90. The molecular weight excluding hydrogens is 237 g/mol. The number of amides is 1. The number of hydrogen-bond acceptors (Lipinski definition) is 3. The molecular formula is C12H14FN3O2. The number of imidazole rings is 1. The maximum absolute atomic E-state index is 13.0. The van der Waals surface area contributed by atoms with Gasteiger partial charge < -0.3 is 15.4 Å². The van der Waals surface area contributed by atoms with Crippen LogP contribution in [0.5, 0.6) is 0 Å². The number of carbonyl (C=O) groups is 1. The molecule has 0 bridgehead atoms. The van der Waals surface area contributed by atoms with Gasteiger partial charge in [-0.05, 0) is 25.1 Å². The number of benzene rings is 1. The number of halogens is 1. The van der Waals surface area contributed by atoms with Gasteiger partial charge in [-0.3, -0.25) is 4.79 Å². The van der Waals surface area contributed by atoms with Gasteiger partial charge in [0.15, 0.2) is 0 Å². The monoisotopic (exact) mass is 251 g/mol. The fourth-order valence-electron chi connectivity index (χ4n) is 1.60. The van der Waals surface area contributed by atoms with Gasteiger partial charge in [-0.1, -0.05) is 0 Å². The van der Waals surface area contributed by atoms with Crippen LogP contribution >= 0.6 is 0 Å². The number of nitrogens with one attached hydrogen (secondary N) is 2. The molecule has 5 nitrogen and oxygen atoms in total. The Balaban J connectivity index is 1.98. The molecule has 1 heterocycles. The molecule has 1 aromatic carbocycles. The SMILES string of the molecule is CC(O)C(=O)NCCc1nc2ccc(F)cc2[nH]1. The molecule has 0 saturated carbocycles. The van der Waals surface area contributed by atoms with Crippen molar-refractivity contribution in [1.82, 2.24) is 15.3 Å². The van der Waals surface area contributed by atoms with Crippen LogP contribution in [0.15, 0.2) is 18.2 Å². The highest BCUT2D eigenvalue weighted by molar-refractivity contribution is 5.80. The summed E-state index contributed by atoms with van der Waals surface area (Å²) in [5.41, 5.74) is 1.32. The van der Waals surface area contributed by atoms with Crippen molar-refractivity contribution in [3.63, 3.8) is 0 Å². The van der Waals surface area contributed by atoms with Crippen molar-refractivity contribution in [2.75, 3.05) is 6.54 Å². The molecule has 18 heavy (non-hydrogen) atoms. The van der Waals surface area contributed by atoms with Gasteiger partial charge in [0, 0.05) is 13.0 Å². The fraction of sp³-hybridized carbons (Fsp3) is 0.333. The van der Waals surface area contributed by atoms with E-state index in [-0.39, 0.29) is 5.82 Å². The zero-order chi connectivity index (χ0) is 13.1. The fourth-order valence-corrected chi connectivity index (χ4v) is 1.60. The third-order valence-electron chi connectivity index (χ3n) is 2.53. The van der Waals surface area contributed by atoms with Gasteiger partial charge in [-0.15, -0.1) is 0 Å². The summed E-state index contributed by atoms with van der Waals surface area (Å²) in [6, 6.07) is 4.32. The van der Waals surface area contributed by atoms with Crippen LogP contribution in [0.25, 0.3) is 11.0 Å². The third-order valence-corrected chi connectivity index (χ3v) is 2.53. The molecule has 2 rings (SSSR count). The molecule has 0 aliphatic heterocycles. The molecule has 96 valence electrons. The van der Waals surface area contributed by atoms with Gasteiger partial charge >= 0.3 is 0 Å². The van der Waals surface area contributed by atoms with E-state index < -0.39 is 12.0 Å². The number of H-pyrrole nitrogens is 1. The van der Waals surface area contributed by atoms with E-state index in [1.807, 2.05) is 0 Å². The summed E-state index contributed by atoms with van der Waals surface area (Å²) in [6.45, 7) is 1.77. The largest absolute Gasteiger partial charge is 0.384 e. The minimum atomic E-state index is -1.02. The Labute approximate surface area is 103 Å². The smallest absolute Gasteiger partial charge is 0.248 e. The summed E-state index contributed by atoms with van der Waals surface area (Å²) in [4.78, 5) is 18.3. The molecule has 2 aromatic rings. The number of fused-ring (bicyclic) bond motifs is 1. The first-order chi connectivity index (χ1) is 8.56. The number of nitrogens with zero attached hydrogens (tertiary/aromatic N) is 1. The van der Waals surface area contributed by atoms with Crippen molar-refractivity contribution in [3.8, 4) is 0 Å². The maximum Gasteiger partial charge on any atom is 0.248 e. The molecule has 1 atom stereocenters. The first-order valence-corrected chi connectivity index (χ1v) is 5.66. The van der Waals surface area contributed by atoms with Crippen LogP contribution in [0.4, 0.5) is 4.39 Å². The zero-order valence-electron chi connectivity index (χ0n) is 9.90. The molecule has 0 radical (unpaired) electrons. The van der Waals surface area contributed by atoms with Crippen molar-refractivity contribution in [2.24, 2.45) is 0 Å². The minimum absolute atomic E-state index is 0.319. The lowest BCUT2D eigenvalue weighted by atomic mass is 10.3. The second kappa shape index (κ2) is 5.14. The Hall–Kier alpha value is -1.95. The van der Waals surface area contributed by atoms with Crippen LogP contribution in [0, 0.1) is 5.82 Å². The number of aromatic amines is 1. The molecule has 1 amide bonds. The van der Waals surface area contributed by atoms with Gasteiger partial charge in [0.05, 0.1) is 11.0 Å². The lowest BCUT2D eigenvalue weighted by molar-refractivity contribution is -0.128. The van der Waals surface area contributed by atoms with Gasteiger partial charge in [0.1, 0.15) is 17.7 Å². The lowest BCUT2D eigenvalue weighted by Gasteiger charge is -2.05. The predicted molar refractivity (Wildman–Crippen MR) is 64.4 cm³/mol. The van der Waals surface area contributed by atoms with E-state index in [2.05, 4.69) is 15.3 Å². The molecule has 0 aliphatic carbocycles. The average Bonchev–Trinajstić information content (AvgIpc) is 2.70. The van der Waals surface area contributed by atoms with Crippen LogP contribution < -0.4 is 5.32 Å². The second-order valence-corrected chi connectivity index (χ2v) is 4.06. The van der Waals surface area contributed by atoms with Gasteiger partial charge in [-0.25, -0.2) is 9.37 Å². The summed E-state index contributed by atoms with van der Waals surface area (Å²) >= 11 is 0. The highest BCUT2D eigenvalue weighted by atomic mass is 19.1. The summed E-state index contributed by atoms with van der Waals surface area (Å²) in [5.74, 6) is -0.0706. The standard InChI is InChI=1S/C12H14FN3O2/c1-7(17)12(18)14-5-4-11-15-9-3-2-8(13)6-10(9)16-11/h2-3,6-7,17H,4-5H2,1H3,(H,14,18)(H,15,16). The van der Waals surface area contributed by atoms with E-state index in [9.17, 15) is 9.18 Å². The van der Waals surface area contributed by atoms with Gasteiger partial charge in [0.25, 0.3) is 0 Å². The second-order valence-electron chi connectivity index (χ2n) is 4.06. The van der Waals surface area contributed by atoms with Crippen LogP contribution in [0.1, 0.15) is 12.7 Å². The van der Waals surface area contributed by atoms with Crippen LogP contribution in [-0.4, -0.2) is 33.6 Å². The molecule has 0 fully saturated rings. The molecule has 3 N–H and O–H groups in total. The Morgan fingerprint density at radius 2 is 2.39 bits per heavy atom. The summed E-state index contributed by atoms with van der Waals surface area (Å²) in [6.07, 6.45) is -0.524. The van der Waals surface area contributed by atoms with E-state index >= 15 is 0 Å². The van der Waals surface area contributed by atoms with Crippen LogP contribution in [0.3, 0.4) is 0 Å². The first-order valence-electron chi connectivity index (χ1n) is 5.66. The average molecular weight is 251 g/mol. The maximum atomic E-state index is 13.0. The predicted octanol–water partition coefficient (Wildman–Crippen LogP) is 0.741. The topological polar surface area (TPSA) is 78.0 Å². The number of carbonyl (C=O) groups excluding carboxylic acids is 1. The summed E-state index contributed by atoms with van der Waals surface area (Å²) < 4.78 is 13.0. The van der Waals surface area contributed by atoms with Crippen molar-refractivity contribution in [1.29, 1.82) is 0 Å². The van der Waals surface area contributed by atoms with E-state index in [0.29, 0.717) is 29.8 Å². The molecule has 6 heteroatoms. The van der Waals surface area contributed by atoms with E-state index in [1.54, 1.807) is 6.07 Å². The van der Waals surface area contributed by atoms with E-state index in [4.69, 9.17) is 5.11 Å². The summed E-state index contributed by atoms with van der Waals surface area (Å²) in [7, 11) is 0. The minimum Gasteiger partial charge on any atom is -0.384 e. The number of aliphatic hydroxyl groups is 1. The Morgan fingerprint density at radius 1 is 1.61 bits per heavy atom. The Kier molecular flexibility index (Phi) is 3.57. The lowest BCUT2D eigenvalue weighted by Crippen LogP contribution is -2.33. The summed E-state index contributed by atoms with van der Waals surface area (Å²) in [5, 5.41) is 11.5. The van der Waals surface area contributed by atoms with E-state index in [1.165, 1.54) is 19.1 Å². The van der Waals surface area contributed by atoms with E-state index in [0.717, 1.165) is 0 Å². The van der Waals surface area contributed by atoms with Gasteiger partial charge in [-0.2, -0.15) is 0 Å². The van der Waals surface area contributed by atoms with Crippen molar-refractivity contribution in [2.45, 2.75) is 19.4 Å². The van der Waals surface area contributed by atoms with Crippen LogP contribution in [0.2, 0.25) is 0 Å². The highest BCUT2D eigenvalue weighted by Crippen LogP contribution is 2.12. The highest BCUT2D eigenvalue weighted by Gasteiger charge is 2.08. The normalized spacial score (nSPS) is 12.6. The van der Waals surface area contributed by atoms with Crippen molar-refractivity contribution in [3.05, 3.63) is 29.8 Å². The Bertz CT molecular complexity index is 565. The third kappa shape index (κ3) is 2.84. The molecule has 0 aliphatic rings. The van der Waals surface area contributed by atoms with Gasteiger partial charge in [0.2, 0.25) is 5.91 Å². The number of rotatable bonds is 4. The van der Waals surface area contributed by atoms with Crippen LogP contribution in [-0.2, 0) is 11.2 Å². The Morgan fingerprint density at radius 3 is 3.11 bits per heavy atom. The number of hydrogen-bond donors (Lipinski definition) is 3. The molecule has 1 aromatic heterocycles. The molecule has 0 spiro atoms. The molecule has 1 unspecified atom stereocenters. The first kappa shape index (κ1) is 12.5. The van der Waals surface area contributed by atoms with Crippen molar-refractivity contribution < 1.29 is 14.3 Å². The number of aromatic nitrogens is 2. The van der Waals surface area contributed by atoms with Crippen molar-refractivity contribution >= 4 is 16.9 Å². The molecule has 0 saturated heterocycles. The number of aliphatic hydroxyl groups excluding tert-OH is 1.